The lowest BCUT2D eigenvalue weighted by Crippen LogP contribution is -2.29. The van der Waals surface area contributed by atoms with Gasteiger partial charge in [0.2, 0.25) is 0 Å². The predicted molar refractivity (Wildman–Crippen MR) is 91.1 cm³/mol. The Morgan fingerprint density at radius 2 is 1.88 bits per heavy atom. The van der Waals surface area contributed by atoms with Gasteiger partial charge in [0.05, 0.1) is 18.2 Å². The van der Waals surface area contributed by atoms with Gasteiger partial charge in [0, 0.05) is 10.9 Å². The van der Waals surface area contributed by atoms with Gasteiger partial charge in [0.1, 0.15) is 21.2 Å². The second kappa shape index (κ2) is 5.52. The Labute approximate surface area is 139 Å². The van der Waals surface area contributed by atoms with Gasteiger partial charge in [-0.3, -0.25) is 10.2 Å². The summed E-state index contributed by atoms with van der Waals surface area (Å²) in [7, 11) is 0. The third kappa shape index (κ3) is 2.16. The van der Waals surface area contributed by atoms with Crippen molar-refractivity contribution in [3.63, 3.8) is 0 Å². The van der Waals surface area contributed by atoms with Gasteiger partial charge < -0.3 is 14.6 Å². The first-order valence-corrected chi connectivity index (χ1v) is 7.82. The molecule has 4 aromatic heterocycles. The van der Waals surface area contributed by atoms with Crippen molar-refractivity contribution in [2.24, 2.45) is 5.84 Å². The van der Waals surface area contributed by atoms with Crippen molar-refractivity contribution >= 4 is 33.1 Å². The van der Waals surface area contributed by atoms with E-state index in [9.17, 15) is 4.79 Å². The van der Waals surface area contributed by atoms with Gasteiger partial charge in [-0.25, -0.2) is 10.8 Å². The number of amides is 1. The molecule has 4 heterocycles. The lowest BCUT2D eigenvalue weighted by molar-refractivity contribution is 0.0958. The van der Waals surface area contributed by atoms with Gasteiger partial charge in [0.25, 0.3) is 5.91 Å². The zero-order chi connectivity index (χ0) is 16.7. The fraction of sp³-hybridized carbons (Fsp3) is 0. The quantitative estimate of drug-likeness (QED) is 0.299. The molecule has 24 heavy (non-hydrogen) atoms. The number of rotatable bonds is 3. The number of anilines is 1. The van der Waals surface area contributed by atoms with Gasteiger partial charge in [0.15, 0.2) is 5.76 Å². The van der Waals surface area contributed by atoms with Crippen LogP contribution in [0.3, 0.4) is 0 Å². The molecule has 4 rings (SSSR count). The molecular formula is C16H12N4O3S. The van der Waals surface area contributed by atoms with Crippen LogP contribution < -0.4 is 17.0 Å². The maximum absolute atomic E-state index is 11.9. The highest BCUT2D eigenvalue weighted by atomic mass is 32.1. The van der Waals surface area contributed by atoms with E-state index in [-0.39, 0.29) is 0 Å². The molecule has 0 saturated carbocycles. The van der Waals surface area contributed by atoms with Crippen molar-refractivity contribution in [1.82, 2.24) is 10.4 Å². The van der Waals surface area contributed by atoms with Crippen LogP contribution in [-0.4, -0.2) is 10.9 Å². The molecule has 0 bridgehead atoms. The van der Waals surface area contributed by atoms with Gasteiger partial charge in [-0.2, -0.15) is 0 Å². The monoisotopic (exact) mass is 340 g/mol. The molecule has 0 aromatic carbocycles. The molecule has 1 amide bonds. The number of aromatic nitrogens is 1. The average molecular weight is 340 g/mol. The Morgan fingerprint density at radius 3 is 2.50 bits per heavy atom. The number of carbonyl (C=O) groups is 1. The SMILES string of the molecule is NNC(=O)c1sc2nc(-c3ccco3)cc(-c3ccco3)c2c1N. The van der Waals surface area contributed by atoms with Crippen molar-refractivity contribution in [3.8, 4) is 22.8 Å². The minimum Gasteiger partial charge on any atom is -0.464 e. The number of nitrogens with one attached hydrogen (secondary N) is 1. The molecule has 0 aliphatic heterocycles. The lowest BCUT2D eigenvalue weighted by atomic mass is 10.1. The summed E-state index contributed by atoms with van der Waals surface area (Å²) in [5.41, 5.74) is 9.97. The average Bonchev–Trinajstić information content (AvgIpc) is 3.34. The van der Waals surface area contributed by atoms with Gasteiger partial charge in [-0.05, 0) is 30.3 Å². The maximum atomic E-state index is 11.9. The molecule has 0 spiro atoms. The fourth-order valence-electron chi connectivity index (χ4n) is 2.53. The number of furan rings is 2. The standard InChI is InChI=1S/C16H12N4O3S/c17-13-12-8(10-3-1-5-22-10)7-9(11-4-2-6-23-11)19-16(12)24-14(13)15(21)20-18/h1-7H,17-18H2,(H,20,21). The van der Waals surface area contributed by atoms with Crippen LogP contribution in [0, 0.1) is 0 Å². The number of carbonyl (C=O) groups excluding carboxylic acids is 1. The minimum absolute atomic E-state index is 0.310. The molecule has 7 nitrogen and oxygen atoms in total. The zero-order valence-electron chi connectivity index (χ0n) is 12.3. The van der Waals surface area contributed by atoms with E-state index in [0.717, 1.165) is 5.56 Å². The third-order valence-corrected chi connectivity index (χ3v) is 4.69. The van der Waals surface area contributed by atoms with Crippen LogP contribution in [0.15, 0.2) is 51.7 Å². The number of hydrogen-bond donors (Lipinski definition) is 3. The third-order valence-electron chi connectivity index (χ3n) is 3.60. The molecule has 0 unspecified atom stereocenters. The molecule has 120 valence electrons. The zero-order valence-corrected chi connectivity index (χ0v) is 13.1. The number of hydrazine groups is 1. The Kier molecular flexibility index (Phi) is 3.33. The van der Waals surface area contributed by atoms with Crippen LogP contribution in [0.25, 0.3) is 33.0 Å². The summed E-state index contributed by atoms with van der Waals surface area (Å²) in [6.07, 6.45) is 3.15. The molecule has 0 aliphatic rings. The maximum Gasteiger partial charge on any atom is 0.277 e. The van der Waals surface area contributed by atoms with Crippen molar-refractivity contribution in [3.05, 3.63) is 47.7 Å². The molecule has 5 N–H and O–H groups in total. The van der Waals surface area contributed by atoms with E-state index in [1.165, 1.54) is 11.3 Å². The molecule has 0 saturated heterocycles. The molecule has 0 fully saturated rings. The highest BCUT2D eigenvalue weighted by Crippen LogP contribution is 2.41. The molecule has 0 radical (unpaired) electrons. The smallest absolute Gasteiger partial charge is 0.277 e. The first-order chi connectivity index (χ1) is 11.7. The van der Waals surface area contributed by atoms with Crippen LogP contribution in [0.1, 0.15) is 9.67 Å². The second-order valence-corrected chi connectivity index (χ2v) is 6.01. The number of thiophene rings is 1. The first-order valence-electron chi connectivity index (χ1n) is 7.00. The van der Waals surface area contributed by atoms with Gasteiger partial charge in [-0.1, -0.05) is 0 Å². The summed E-state index contributed by atoms with van der Waals surface area (Å²) in [4.78, 5) is 17.4. The van der Waals surface area contributed by atoms with E-state index in [0.29, 0.717) is 38.0 Å². The van der Waals surface area contributed by atoms with Crippen LogP contribution in [0.5, 0.6) is 0 Å². The number of nitrogen functional groups attached to an aromatic ring is 2. The summed E-state index contributed by atoms with van der Waals surface area (Å²) in [6, 6.07) is 9.02. The highest BCUT2D eigenvalue weighted by Gasteiger charge is 2.22. The number of pyridine rings is 1. The highest BCUT2D eigenvalue weighted by molar-refractivity contribution is 7.21. The Balaban J connectivity index is 2.05. The van der Waals surface area contributed by atoms with Gasteiger partial charge >= 0.3 is 0 Å². The van der Waals surface area contributed by atoms with Gasteiger partial charge in [-0.15, -0.1) is 11.3 Å². The van der Waals surface area contributed by atoms with E-state index < -0.39 is 5.91 Å². The van der Waals surface area contributed by atoms with Crippen molar-refractivity contribution in [2.45, 2.75) is 0 Å². The summed E-state index contributed by atoms with van der Waals surface area (Å²) in [5, 5.41) is 0.656. The summed E-state index contributed by atoms with van der Waals surface area (Å²) in [5.74, 6) is 6.01. The number of nitrogens with two attached hydrogens (primary N) is 2. The minimum atomic E-state index is -0.458. The first kappa shape index (κ1) is 14.5. The van der Waals surface area contributed by atoms with Crippen LogP contribution in [-0.2, 0) is 0 Å². The number of nitrogens with zero attached hydrogens (tertiary/aromatic N) is 1. The summed E-state index contributed by atoms with van der Waals surface area (Å²) in [6.45, 7) is 0. The van der Waals surface area contributed by atoms with E-state index >= 15 is 0 Å². The molecule has 4 aromatic rings. The molecule has 0 atom stereocenters. The largest absolute Gasteiger partial charge is 0.464 e. The lowest BCUT2D eigenvalue weighted by Gasteiger charge is -2.04. The molecular weight excluding hydrogens is 328 g/mol. The Hall–Kier alpha value is -3.10. The van der Waals surface area contributed by atoms with E-state index in [1.807, 2.05) is 18.2 Å². The Morgan fingerprint density at radius 1 is 1.17 bits per heavy atom. The predicted octanol–water partition coefficient (Wildman–Crippen LogP) is 3.00. The number of fused-ring (bicyclic) bond motifs is 1. The van der Waals surface area contributed by atoms with E-state index in [2.05, 4.69) is 10.4 Å². The van der Waals surface area contributed by atoms with Crippen LogP contribution in [0.4, 0.5) is 5.69 Å². The topological polar surface area (TPSA) is 120 Å². The van der Waals surface area contributed by atoms with Crippen molar-refractivity contribution < 1.29 is 13.6 Å². The van der Waals surface area contributed by atoms with Crippen LogP contribution in [0.2, 0.25) is 0 Å². The fourth-order valence-corrected chi connectivity index (χ4v) is 3.55. The molecule has 0 aliphatic carbocycles. The summed E-state index contributed by atoms with van der Waals surface area (Å²) < 4.78 is 10.9. The van der Waals surface area contributed by atoms with Crippen molar-refractivity contribution in [1.29, 1.82) is 0 Å². The van der Waals surface area contributed by atoms with Crippen LogP contribution >= 0.6 is 11.3 Å². The van der Waals surface area contributed by atoms with Crippen molar-refractivity contribution in [2.75, 3.05) is 5.73 Å². The number of hydrogen-bond acceptors (Lipinski definition) is 7. The summed E-state index contributed by atoms with van der Waals surface area (Å²) >= 11 is 1.17. The van der Waals surface area contributed by atoms with E-state index in [1.54, 1.807) is 24.7 Å². The van der Waals surface area contributed by atoms with E-state index in [4.69, 9.17) is 20.4 Å². The molecule has 8 heteroatoms. The Bertz CT molecular complexity index is 1020. The normalized spacial score (nSPS) is 11.0. The second-order valence-electron chi connectivity index (χ2n) is 5.01.